The SMILES string of the molecule is C[C@H](c1nccs1)N1C(=O)c2cccc(N3CCN(Cc4ccccc4)CC3)c2C1=O. The average Bonchev–Trinajstić information content (AvgIpc) is 3.42. The number of anilines is 1. The summed E-state index contributed by atoms with van der Waals surface area (Å²) in [6.45, 7) is 6.28. The summed E-state index contributed by atoms with van der Waals surface area (Å²) in [5, 5.41) is 2.63. The third kappa shape index (κ3) is 3.64. The number of hydrogen-bond acceptors (Lipinski definition) is 6. The maximum Gasteiger partial charge on any atom is 0.264 e. The van der Waals surface area contributed by atoms with E-state index >= 15 is 0 Å². The zero-order valence-corrected chi connectivity index (χ0v) is 18.2. The fourth-order valence-electron chi connectivity index (χ4n) is 4.44. The maximum atomic E-state index is 13.4. The first-order chi connectivity index (χ1) is 15.1. The Kier molecular flexibility index (Phi) is 5.29. The molecule has 2 aliphatic heterocycles. The molecule has 0 saturated carbocycles. The van der Waals surface area contributed by atoms with Gasteiger partial charge in [-0.3, -0.25) is 19.4 Å². The molecule has 1 aromatic heterocycles. The zero-order chi connectivity index (χ0) is 21.4. The molecule has 1 atom stereocenters. The lowest BCUT2D eigenvalue weighted by Gasteiger charge is -2.36. The molecular weight excluding hydrogens is 408 g/mol. The number of nitrogens with zero attached hydrogens (tertiary/aromatic N) is 4. The number of carbonyl (C=O) groups is 2. The molecule has 3 heterocycles. The lowest BCUT2D eigenvalue weighted by Crippen LogP contribution is -2.46. The topological polar surface area (TPSA) is 56.8 Å². The van der Waals surface area contributed by atoms with Crippen LogP contribution >= 0.6 is 11.3 Å². The van der Waals surface area contributed by atoms with Crippen molar-refractivity contribution in [1.82, 2.24) is 14.8 Å². The third-order valence-electron chi connectivity index (χ3n) is 6.08. The number of aromatic nitrogens is 1. The van der Waals surface area contributed by atoms with Crippen LogP contribution in [0.25, 0.3) is 0 Å². The van der Waals surface area contributed by atoms with Gasteiger partial charge in [-0.1, -0.05) is 36.4 Å². The highest BCUT2D eigenvalue weighted by atomic mass is 32.1. The highest BCUT2D eigenvalue weighted by molar-refractivity contribution is 7.09. The smallest absolute Gasteiger partial charge is 0.264 e. The molecule has 3 aromatic rings. The number of piperazine rings is 1. The number of benzene rings is 2. The van der Waals surface area contributed by atoms with Gasteiger partial charge in [0.05, 0.1) is 22.9 Å². The molecule has 1 saturated heterocycles. The van der Waals surface area contributed by atoms with Crippen LogP contribution in [0.1, 0.15) is 44.3 Å². The van der Waals surface area contributed by atoms with E-state index in [0.29, 0.717) is 11.1 Å². The molecule has 0 spiro atoms. The maximum absolute atomic E-state index is 13.4. The van der Waals surface area contributed by atoms with E-state index in [1.165, 1.54) is 21.8 Å². The number of rotatable bonds is 5. The Hall–Kier alpha value is -3.03. The summed E-state index contributed by atoms with van der Waals surface area (Å²) in [7, 11) is 0. The first kappa shape index (κ1) is 19.9. The fourth-order valence-corrected chi connectivity index (χ4v) is 5.13. The van der Waals surface area contributed by atoms with Gasteiger partial charge in [-0.25, -0.2) is 4.98 Å². The number of thiazole rings is 1. The second-order valence-electron chi connectivity index (χ2n) is 7.98. The van der Waals surface area contributed by atoms with Crippen molar-refractivity contribution in [3.63, 3.8) is 0 Å². The molecule has 2 aliphatic rings. The van der Waals surface area contributed by atoms with Crippen LogP contribution in [0.2, 0.25) is 0 Å². The predicted molar refractivity (Wildman–Crippen MR) is 121 cm³/mol. The number of carbonyl (C=O) groups excluding carboxylic acids is 2. The molecule has 0 unspecified atom stereocenters. The first-order valence-corrected chi connectivity index (χ1v) is 11.4. The summed E-state index contributed by atoms with van der Waals surface area (Å²) in [5.74, 6) is -0.447. The van der Waals surface area contributed by atoms with Crippen LogP contribution in [0.15, 0.2) is 60.1 Å². The molecule has 6 nitrogen and oxygen atoms in total. The molecule has 0 aliphatic carbocycles. The van der Waals surface area contributed by atoms with Crippen molar-refractivity contribution >= 4 is 28.8 Å². The molecule has 2 amide bonds. The number of hydrogen-bond donors (Lipinski definition) is 0. The van der Waals surface area contributed by atoms with Gasteiger partial charge in [-0.2, -0.15) is 0 Å². The fraction of sp³-hybridized carbons (Fsp3) is 0.292. The van der Waals surface area contributed by atoms with E-state index in [-0.39, 0.29) is 17.9 Å². The monoisotopic (exact) mass is 432 g/mol. The van der Waals surface area contributed by atoms with Crippen LogP contribution in [0.3, 0.4) is 0 Å². The lowest BCUT2D eigenvalue weighted by atomic mass is 10.1. The van der Waals surface area contributed by atoms with E-state index in [4.69, 9.17) is 0 Å². The highest BCUT2D eigenvalue weighted by Gasteiger charge is 2.42. The molecule has 5 rings (SSSR count). The van der Waals surface area contributed by atoms with Crippen LogP contribution < -0.4 is 4.90 Å². The number of amides is 2. The number of imide groups is 1. The van der Waals surface area contributed by atoms with Gasteiger partial charge in [0.1, 0.15) is 5.01 Å². The van der Waals surface area contributed by atoms with E-state index in [1.54, 1.807) is 12.3 Å². The van der Waals surface area contributed by atoms with Crippen LogP contribution in [-0.2, 0) is 6.54 Å². The van der Waals surface area contributed by atoms with E-state index in [9.17, 15) is 9.59 Å². The van der Waals surface area contributed by atoms with E-state index in [1.807, 2.05) is 30.5 Å². The second kappa shape index (κ2) is 8.24. The molecule has 31 heavy (non-hydrogen) atoms. The Morgan fingerprint density at radius 1 is 0.968 bits per heavy atom. The molecule has 158 valence electrons. The number of fused-ring (bicyclic) bond motifs is 1. The summed E-state index contributed by atoms with van der Waals surface area (Å²) in [6.07, 6.45) is 1.70. The van der Waals surface area contributed by atoms with Crippen molar-refractivity contribution in [3.8, 4) is 0 Å². The normalized spacial score (nSPS) is 17.8. The van der Waals surface area contributed by atoms with Gasteiger partial charge in [-0.15, -0.1) is 11.3 Å². The van der Waals surface area contributed by atoms with E-state index in [2.05, 4.69) is 39.0 Å². The van der Waals surface area contributed by atoms with Gasteiger partial charge >= 0.3 is 0 Å². The molecular formula is C24H24N4O2S. The van der Waals surface area contributed by atoms with Crippen molar-refractivity contribution in [2.24, 2.45) is 0 Å². The van der Waals surface area contributed by atoms with Crippen molar-refractivity contribution in [1.29, 1.82) is 0 Å². The highest BCUT2D eigenvalue weighted by Crippen LogP contribution is 2.37. The Morgan fingerprint density at radius 3 is 2.45 bits per heavy atom. The van der Waals surface area contributed by atoms with Crippen LogP contribution in [0.5, 0.6) is 0 Å². The van der Waals surface area contributed by atoms with Crippen molar-refractivity contribution < 1.29 is 9.59 Å². The molecule has 0 radical (unpaired) electrons. The van der Waals surface area contributed by atoms with Crippen molar-refractivity contribution in [2.45, 2.75) is 19.5 Å². The van der Waals surface area contributed by atoms with Crippen molar-refractivity contribution in [3.05, 3.63) is 81.8 Å². The molecule has 0 bridgehead atoms. The van der Waals surface area contributed by atoms with Gasteiger partial charge < -0.3 is 4.90 Å². The second-order valence-corrected chi connectivity index (χ2v) is 8.90. The molecule has 7 heteroatoms. The predicted octanol–water partition coefficient (Wildman–Crippen LogP) is 3.82. The quantitative estimate of drug-likeness (QED) is 0.574. The molecule has 0 N–H and O–H groups in total. The molecule has 2 aromatic carbocycles. The standard InChI is InChI=1S/C24H24N4O2S/c1-17(22-25-10-15-31-22)28-23(29)19-8-5-9-20(21(19)24(28)30)27-13-11-26(12-14-27)16-18-6-3-2-4-7-18/h2-10,15,17H,11-14,16H2,1H3/t17-/m1/s1. The summed E-state index contributed by atoms with van der Waals surface area (Å²) in [4.78, 5) is 36.8. The van der Waals surface area contributed by atoms with Gasteiger partial charge in [0.2, 0.25) is 0 Å². The van der Waals surface area contributed by atoms with Crippen LogP contribution in [0, 0.1) is 0 Å². The Labute approximate surface area is 185 Å². The van der Waals surface area contributed by atoms with Crippen LogP contribution in [0.4, 0.5) is 5.69 Å². The summed E-state index contributed by atoms with van der Waals surface area (Å²) in [6, 6.07) is 15.7. The van der Waals surface area contributed by atoms with Gasteiger partial charge in [0.25, 0.3) is 11.8 Å². The summed E-state index contributed by atoms with van der Waals surface area (Å²) < 4.78 is 0. The Morgan fingerprint density at radius 2 is 1.74 bits per heavy atom. The minimum absolute atomic E-state index is 0.218. The van der Waals surface area contributed by atoms with Crippen LogP contribution in [-0.4, -0.2) is 52.8 Å². The van der Waals surface area contributed by atoms with E-state index < -0.39 is 0 Å². The Bertz CT molecular complexity index is 1090. The minimum Gasteiger partial charge on any atom is -0.368 e. The summed E-state index contributed by atoms with van der Waals surface area (Å²) >= 11 is 1.46. The van der Waals surface area contributed by atoms with Gasteiger partial charge in [0, 0.05) is 44.3 Å². The third-order valence-corrected chi connectivity index (χ3v) is 7.03. The lowest BCUT2D eigenvalue weighted by molar-refractivity contribution is 0.0595. The van der Waals surface area contributed by atoms with Gasteiger partial charge in [-0.05, 0) is 24.6 Å². The minimum atomic E-state index is -0.372. The summed E-state index contributed by atoms with van der Waals surface area (Å²) in [5.41, 5.74) is 3.21. The van der Waals surface area contributed by atoms with Crippen molar-refractivity contribution in [2.75, 3.05) is 31.1 Å². The molecule has 1 fully saturated rings. The van der Waals surface area contributed by atoms with Gasteiger partial charge in [0.15, 0.2) is 0 Å². The average molecular weight is 433 g/mol. The largest absolute Gasteiger partial charge is 0.368 e. The van der Waals surface area contributed by atoms with E-state index in [0.717, 1.165) is 43.4 Å². The first-order valence-electron chi connectivity index (χ1n) is 10.5. The Balaban J connectivity index is 1.34. The zero-order valence-electron chi connectivity index (χ0n) is 17.4.